The van der Waals surface area contributed by atoms with Gasteiger partial charge in [0.15, 0.2) is 0 Å². The van der Waals surface area contributed by atoms with Crippen LogP contribution in [0.25, 0.3) is 0 Å². The van der Waals surface area contributed by atoms with Crippen LogP contribution in [0.1, 0.15) is 24.0 Å². The highest BCUT2D eigenvalue weighted by molar-refractivity contribution is 9.10. The van der Waals surface area contributed by atoms with Gasteiger partial charge in [0.2, 0.25) is 0 Å². The summed E-state index contributed by atoms with van der Waals surface area (Å²) >= 11 is 3.46. The van der Waals surface area contributed by atoms with E-state index in [-0.39, 0.29) is 5.92 Å². The topological polar surface area (TPSA) is 50.8 Å². The van der Waals surface area contributed by atoms with Crippen molar-refractivity contribution in [3.8, 4) is 12.1 Å². The molecule has 0 bridgehead atoms. The van der Waals surface area contributed by atoms with Crippen molar-refractivity contribution in [2.24, 2.45) is 5.92 Å². The number of nitriles is 2. The van der Waals surface area contributed by atoms with Crippen molar-refractivity contribution in [1.82, 2.24) is 4.90 Å². The van der Waals surface area contributed by atoms with Gasteiger partial charge in [-0.1, -0.05) is 22.0 Å². The molecule has 0 aliphatic carbocycles. The molecule has 0 N–H and O–H groups in total. The van der Waals surface area contributed by atoms with Crippen LogP contribution in [-0.2, 0) is 6.54 Å². The zero-order valence-corrected chi connectivity index (χ0v) is 12.9. The Labute approximate surface area is 123 Å². The van der Waals surface area contributed by atoms with Gasteiger partial charge in [-0.15, -0.1) is 0 Å². The zero-order valence-electron chi connectivity index (χ0n) is 11.4. The highest BCUT2D eigenvalue weighted by Crippen LogP contribution is 2.17. The third kappa shape index (κ3) is 5.42. The summed E-state index contributed by atoms with van der Waals surface area (Å²) in [6.07, 6.45) is 1.10. The summed E-state index contributed by atoms with van der Waals surface area (Å²) in [6, 6.07) is 10.6. The summed E-state index contributed by atoms with van der Waals surface area (Å²) in [5, 5.41) is 17.6. The van der Waals surface area contributed by atoms with Gasteiger partial charge >= 0.3 is 0 Å². The van der Waals surface area contributed by atoms with E-state index in [2.05, 4.69) is 52.0 Å². The molecule has 0 unspecified atom stereocenters. The highest BCUT2D eigenvalue weighted by atomic mass is 79.9. The Morgan fingerprint density at radius 1 is 1.37 bits per heavy atom. The minimum Gasteiger partial charge on any atom is -0.301 e. The maximum absolute atomic E-state index is 9.07. The Hall–Kier alpha value is -1.36. The number of halogens is 1. The molecular formula is C15H18BrN3. The molecule has 0 aliphatic rings. The lowest BCUT2D eigenvalue weighted by atomic mass is 10.0. The lowest BCUT2D eigenvalue weighted by Crippen LogP contribution is -2.25. The van der Waals surface area contributed by atoms with Crippen LogP contribution in [-0.4, -0.2) is 18.5 Å². The second kappa shape index (κ2) is 7.94. The van der Waals surface area contributed by atoms with E-state index in [0.717, 1.165) is 11.0 Å². The molecule has 1 atom stereocenters. The average molecular weight is 320 g/mol. The van der Waals surface area contributed by atoms with E-state index in [1.165, 1.54) is 11.1 Å². The highest BCUT2D eigenvalue weighted by Gasteiger charge is 2.11. The molecule has 1 rings (SSSR count). The van der Waals surface area contributed by atoms with Gasteiger partial charge in [-0.25, -0.2) is 0 Å². The van der Waals surface area contributed by atoms with Gasteiger partial charge in [0.25, 0.3) is 0 Å². The van der Waals surface area contributed by atoms with Gasteiger partial charge < -0.3 is 4.90 Å². The summed E-state index contributed by atoms with van der Waals surface area (Å²) in [4.78, 5) is 2.14. The van der Waals surface area contributed by atoms with E-state index < -0.39 is 0 Å². The summed E-state index contributed by atoms with van der Waals surface area (Å²) in [6.45, 7) is 3.61. The molecule has 0 aromatic heterocycles. The molecule has 0 aliphatic heterocycles. The molecule has 0 saturated carbocycles. The summed E-state index contributed by atoms with van der Waals surface area (Å²) < 4.78 is 1.08. The van der Waals surface area contributed by atoms with E-state index in [0.29, 0.717) is 19.4 Å². The Kier molecular flexibility index (Phi) is 6.56. The quantitative estimate of drug-likeness (QED) is 0.804. The zero-order chi connectivity index (χ0) is 14.3. The van der Waals surface area contributed by atoms with Crippen LogP contribution in [0.5, 0.6) is 0 Å². The first kappa shape index (κ1) is 15.7. The van der Waals surface area contributed by atoms with Crippen LogP contribution >= 0.6 is 15.9 Å². The van der Waals surface area contributed by atoms with Crippen LogP contribution in [0.3, 0.4) is 0 Å². The number of benzene rings is 1. The Morgan fingerprint density at radius 2 is 2.11 bits per heavy atom. The molecule has 1 aromatic rings. The van der Waals surface area contributed by atoms with Crippen molar-refractivity contribution in [1.29, 1.82) is 10.5 Å². The molecule has 4 heteroatoms. The molecule has 0 heterocycles. The minimum atomic E-state index is -0.0691. The van der Waals surface area contributed by atoms with E-state index in [9.17, 15) is 0 Å². The molecule has 100 valence electrons. The predicted octanol–water partition coefficient (Wildman–Crippen LogP) is 3.63. The van der Waals surface area contributed by atoms with Crippen molar-refractivity contribution in [3.05, 3.63) is 33.8 Å². The van der Waals surface area contributed by atoms with E-state index in [1.807, 2.05) is 13.1 Å². The van der Waals surface area contributed by atoms with Crippen molar-refractivity contribution in [2.45, 2.75) is 26.3 Å². The van der Waals surface area contributed by atoms with Crippen LogP contribution in [0.15, 0.2) is 22.7 Å². The molecule has 0 fully saturated rings. The van der Waals surface area contributed by atoms with Gasteiger partial charge in [-0.3, -0.25) is 0 Å². The maximum atomic E-state index is 9.07. The second-order valence-electron chi connectivity index (χ2n) is 4.79. The van der Waals surface area contributed by atoms with Crippen LogP contribution < -0.4 is 0 Å². The fraction of sp³-hybridized carbons (Fsp3) is 0.467. The van der Waals surface area contributed by atoms with Gasteiger partial charge in [0.05, 0.1) is 18.1 Å². The monoisotopic (exact) mass is 319 g/mol. The lowest BCUT2D eigenvalue weighted by molar-refractivity contribution is 0.289. The van der Waals surface area contributed by atoms with Crippen LogP contribution in [0, 0.1) is 35.5 Å². The molecule has 3 nitrogen and oxygen atoms in total. The van der Waals surface area contributed by atoms with Gasteiger partial charge in [0, 0.05) is 24.0 Å². The lowest BCUT2D eigenvalue weighted by Gasteiger charge is -2.20. The van der Waals surface area contributed by atoms with Crippen LogP contribution in [0.4, 0.5) is 0 Å². The first-order valence-corrected chi connectivity index (χ1v) is 7.06. The van der Waals surface area contributed by atoms with Crippen LogP contribution in [0.2, 0.25) is 0 Å². The molecule has 0 amide bonds. The second-order valence-corrected chi connectivity index (χ2v) is 5.71. The average Bonchev–Trinajstić information content (AvgIpc) is 2.38. The SMILES string of the molecule is Cc1cc(Br)ccc1CN(C)C[C@@H](C#N)CCC#N. The number of aryl methyl sites for hydroxylation is 1. The molecular weight excluding hydrogens is 302 g/mol. The smallest absolute Gasteiger partial charge is 0.0669 e. The van der Waals surface area contributed by atoms with Crippen molar-refractivity contribution >= 4 is 15.9 Å². The first-order chi connectivity index (χ1) is 9.06. The van der Waals surface area contributed by atoms with Crippen molar-refractivity contribution in [2.75, 3.05) is 13.6 Å². The maximum Gasteiger partial charge on any atom is 0.0669 e. The molecule has 0 spiro atoms. The number of nitrogens with zero attached hydrogens (tertiary/aromatic N) is 3. The number of hydrogen-bond donors (Lipinski definition) is 0. The molecule has 0 radical (unpaired) electrons. The van der Waals surface area contributed by atoms with Gasteiger partial charge in [-0.2, -0.15) is 10.5 Å². The van der Waals surface area contributed by atoms with E-state index in [1.54, 1.807) is 0 Å². The van der Waals surface area contributed by atoms with Crippen molar-refractivity contribution in [3.63, 3.8) is 0 Å². The Bertz CT molecular complexity index is 499. The largest absolute Gasteiger partial charge is 0.301 e. The Balaban J connectivity index is 2.57. The number of hydrogen-bond acceptors (Lipinski definition) is 3. The third-order valence-electron chi connectivity index (χ3n) is 3.06. The molecule has 1 aromatic carbocycles. The first-order valence-electron chi connectivity index (χ1n) is 6.27. The fourth-order valence-corrected chi connectivity index (χ4v) is 2.48. The van der Waals surface area contributed by atoms with Crippen molar-refractivity contribution < 1.29 is 0 Å². The fourth-order valence-electron chi connectivity index (χ4n) is 2.00. The normalized spacial score (nSPS) is 11.9. The summed E-state index contributed by atoms with van der Waals surface area (Å²) in [5.74, 6) is -0.0691. The Morgan fingerprint density at radius 3 is 2.68 bits per heavy atom. The molecule has 19 heavy (non-hydrogen) atoms. The standard InChI is InChI=1S/C15H18BrN3/c1-12-8-15(16)6-5-14(12)11-19(2)10-13(9-18)4-3-7-17/h5-6,8,13H,3-4,10-11H2,1-2H3/t13-/m1/s1. The van der Waals surface area contributed by atoms with Gasteiger partial charge in [0.1, 0.15) is 0 Å². The molecule has 0 saturated heterocycles. The van der Waals surface area contributed by atoms with E-state index in [4.69, 9.17) is 10.5 Å². The number of rotatable bonds is 6. The summed E-state index contributed by atoms with van der Waals surface area (Å²) in [5.41, 5.74) is 2.51. The minimum absolute atomic E-state index is 0.0691. The van der Waals surface area contributed by atoms with E-state index >= 15 is 0 Å². The summed E-state index contributed by atoms with van der Waals surface area (Å²) in [7, 11) is 2.01. The van der Waals surface area contributed by atoms with Gasteiger partial charge in [-0.05, 0) is 43.7 Å². The third-order valence-corrected chi connectivity index (χ3v) is 3.56. The predicted molar refractivity (Wildman–Crippen MR) is 79.2 cm³/mol.